The zero-order valence-corrected chi connectivity index (χ0v) is 11.3. The van der Waals surface area contributed by atoms with Crippen LogP contribution in [-0.4, -0.2) is 31.2 Å². The van der Waals surface area contributed by atoms with Crippen LogP contribution >= 0.6 is 0 Å². The standard InChI is InChI=1S/C14H17N3O2/c1-17(2)12-9-13(18-3)16-14(15-12)19-10-11-7-5-4-6-8-11/h4-9H,10H2,1-3H3. The van der Waals surface area contributed by atoms with Gasteiger partial charge in [0.15, 0.2) is 0 Å². The number of benzene rings is 1. The molecule has 2 rings (SSSR count). The maximum atomic E-state index is 5.60. The van der Waals surface area contributed by atoms with Gasteiger partial charge in [0.25, 0.3) is 0 Å². The summed E-state index contributed by atoms with van der Waals surface area (Å²) in [6.07, 6.45) is 0. The summed E-state index contributed by atoms with van der Waals surface area (Å²) in [5.41, 5.74) is 1.07. The molecule has 19 heavy (non-hydrogen) atoms. The molecule has 2 aromatic rings. The molecule has 0 saturated heterocycles. The fraction of sp³-hybridized carbons (Fsp3) is 0.286. The second-order valence-electron chi connectivity index (χ2n) is 4.22. The van der Waals surface area contributed by atoms with Crippen LogP contribution in [-0.2, 0) is 6.61 Å². The smallest absolute Gasteiger partial charge is 0.322 e. The Bertz CT molecular complexity index is 529. The number of rotatable bonds is 5. The second-order valence-corrected chi connectivity index (χ2v) is 4.22. The van der Waals surface area contributed by atoms with Crippen LogP contribution in [0.25, 0.3) is 0 Å². The molecule has 0 aliphatic rings. The summed E-state index contributed by atoms with van der Waals surface area (Å²) < 4.78 is 10.7. The number of ether oxygens (including phenoxy) is 2. The first kappa shape index (κ1) is 13.1. The SMILES string of the molecule is COc1cc(N(C)C)nc(OCc2ccccc2)n1. The summed E-state index contributed by atoms with van der Waals surface area (Å²) in [7, 11) is 5.38. The molecule has 5 heteroatoms. The molecule has 0 bridgehead atoms. The zero-order chi connectivity index (χ0) is 13.7. The molecular weight excluding hydrogens is 242 g/mol. The van der Waals surface area contributed by atoms with Crippen molar-refractivity contribution in [2.24, 2.45) is 0 Å². The molecule has 0 saturated carbocycles. The van der Waals surface area contributed by atoms with Gasteiger partial charge in [0.05, 0.1) is 7.11 Å². The van der Waals surface area contributed by atoms with Gasteiger partial charge >= 0.3 is 6.01 Å². The fourth-order valence-electron chi connectivity index (χ4n) is 1.51. The first-order valence-electron chi connectivity index (χ1n) is 5.96. The van der Waals surface area contributed by atoms with Crippen LogP contribution in [0.4, 0.5) is 5.82 Å². The van der Waals surface area contributed by atoms with Gasteiger partial charge in [-0.1, -0.05) is 30.3 Å². The highest BCUT2D eigenvalue weighted by atomic mass is 16.5. The maximum Gasteiger partial charge on any atom is 0.322 e. The van der Waals surface area contributed by atoms with E-state index in [4.69, 9.17) is 9.47 Å². The Hall–Kier alpha value is -2.30. The van der Waals surface area contributed by atoms with E-state index in [-0.39, 0.29) is 0 Å². The fourth-order valence-corrected chi connectivity index (χ4v) is 1.51. The van der Waals surface area contributed by atoms with Gasteiger partial charge in [-0.2, -0.15) is 9.97 Å². The van der Waals surface area contributed by atoms with Crippen molar-refractivity contribution in [2.45, 2.75) is 6.61 Å². The Morgan fingerprint density at radius 3 is 2.47 bits per heavy atom. The Balaban J connectivity index is 2.13. The topological polar surface area (TPSA) is 47.5 Å². The molecule has 1 aromatic heterocycles. The van der Waals surface area contributed by atoms with Crippen LogP contribution in [0.5, 0.6) is 11.9 Å². The third-order valence-corrected chi connectivity index (χ3v) is 2.55. The van der Waals surface area contributed by atoms with Gasteiger partial charge < -0.3 is 14.4 Å². The Morgan fingerprint density at radius 2 is 1.84 bits per heavy atom. The van der Waals surface area contributed by atoms with Crippen LogP contribution in [0.1, 0.15) is 5.56 Å². The lowest BCUT2D eigenvalue weighted by Crippen LogP contribution is -2.12. The number of anilines is 1. The number of nitrogens with zero attached hydrogens (tertiary/aromatic N) is 3. The minimum Gasteiger partial charge on any atom is -0.481 e. The van der Waals surface area contributed by atoms with Gasteiger partial charge in [-0.05, 0) is 5.56 Å². The molecule has 0 spiro atoms. The van der Waals surface area contributed by atoms with Gasteiger partial charge in [0, 0.05) is 20.2 Å². The number of methoxy groups -OCH3 is 1. The summed E-state index contributed by atoms with van der Waals surface area (Å²) in [5, 5.41) is 0. The van der Waals surface area contributed by atoms with Crippen LogP contribution in [0.3, 0.4) is 0 Å². The summed E-state index contributed by atoms with van der Waals surface area (Å²) in [6.45, 7) is 0.431. The van der Waals surface area contributed by atoms with Crippen molar-refractivity contribution in [3.05, 3.63) is 42.0 Å². The van der Waals surface area contributed by atoms with E-state index >= 15 is 0 Å². The normalized spacial score (nSPS) is 10.1. The second kappa shape index (κ2) is 6.04. The van der Waals surface area contributed by atoms with E-state index in [1.807, 2.05) is 49.3 Å². The average molecular weight is 259 g/mol. The predicted molar refractivity (Wildman–Crippen MR) is 73.7 cm³/mol. The molecule has 5 nitrogen and oxygen atoms in total. The monoisotopic (exact) mass is 259 g/mol. The summed E-state index contributed by atoms with van der Waals surface area (Å²) in [5.74, 6) is 1.23. The predicted octanol–water partition coefficient (Wildman–Crippen LogP) is 2.13. The third-order valence-electron chi connectivity index (χ3n) is 2.55. The molecule has 0 N–H and O–H groups in total. The Labute approximate surface area is 112 Å². The highest BCUT2D eigenvalue weighted by Crippen LogP contribution is 2.19. The van der Waals surface area contributed by atoms with Crippen LogP contribution in [0.15, 0.2) is 36.4 Å². The van der Waals surface area contributed by atoms with Gasteiger partial charge in [-0.25, -0.2) is 0 Å². The molecule has 1 aromatic carbocycles. The van der Waals surface area contributed by atoms with Gasteiger partial charge in [0.1, 0.15) is 12.4 Å². The van der Waals surface area contributed by atoms with E-state index in [0.29, 0.717) is 18.5 Å². The Morgan fingerprint density at radius 1 is 1.11 bits per heavy atom. The maximum absolute atomic E-state index is 5.60. The van der Waals surface area contributed by atoms with Crippen LogP contribution in [0, 0.1) is 0 Å². The summed E-state index contributed by atoms with van der Waals surface area (Å²) >= 11 is 0. The average Bonchev–Trinajstić information content (AvgIpc) is 2.45. The summed E-state index contributed by atoms with van der Waals surface area (Å²) in [4.78, 5) is 10.4. The number of aromatic nitrogens is 2. The van der Waals surface area contributed by atoms with Crippen molar-refractivity contribution in [1.29, 1.82) is 0 Å². The largest absolute Gasteiger partial charge is 0.481 e. The van der Waals surface area contributed by atoms with Crippen molar-refractivity contribution in [3.8, 4) is 11.9 Å². The molecule has 0 unspecified atom stereocenters. The third kappa shape index (κ3) is 3.58. The highest BCUT2D eigenvalue weighted by molar-refractivity contribution is 5.41. The lowest BCUT2D eigenvalue weighted by molar-refractivity contribution is 0.274. The lowest BCUT2D eigenvalue weighted by atomic mass is 10.2. The minimum atomic E-state index is 0.312. The van der Waals surface area contributed by atoms with Crippen molar-refractivity contribution < 1.29 is 9.47 Å². The molecule has 0 aliphatic heterocycles. The zero-order valence-electron chi connectivity index (χ0n) is 11.3. The molecular formula is C14H17N3O2. The van der Waals surface area contributed by atoms with Crippen molar-refractivity contribution in [2.75, 3.05) is 26.1 Å². The Kier molecular flexibility index (Phi) is 4.18. The van der Waals surface area contributed by atoms with E-state index in [1.165, 1.54) is 0 Å². The summed E-state index contributed by atoms with van der Waals surface area (Å²) in [6, 6.07) is 12.0. The molecule has 0 aliphatic carbocycles. The molecule has 0 radical (unpaired) electrons. The minimum absolute atomic E-state index is 0.312. The van der Waals surface area contributed by atoms with E-state index in [2.05, 4.69) is 9.97 Å². The van der Waals surface area contributed by atoms with Gasteiger partial charge in [0.2, 0.25) is 5.88 Å². The van der Waals surface area contributed by atoms with Gasteiger partial charge in [-0.15, -0.1) is 0 Å². The molecule has 0 amide bonds. The van der Waals surface area contributed by atoms with E-state index in [9.17, 15) is 0 Å². The van der Waals surface area contributed by atoms with Crippen molar-refractivity contribution >= 4 is 5.82 Å². The van der Waals surface area contributed by atoms with Crippen molar-refractivity contribution in [3.63, 3.8) is 0 Å². The first-order valence-corrected chi connectivity index (χ1v) is 5.96. The highest BCUT2D eigenvalue weighted by Gasteiger charge is 2.07. The number of hydrogen-bond donors (Lipinski definition) is 0. The molecule has 0 atom stereocenters. The lowest BCUT2D eigenvalue weighted by Gasteiger charge is -2.13. The number of hydrogen-bond acceptors (Lipinski definition) is 5. The van der Waals surface area contributed by atoms with E-state index in [1.54, 1.807) is 13.2 Å². The van der Waals surface area contributed by atoms with E-state index in [0.717, 1.165) is 11.4 Å². The van der Waals surface area contributed by atoms with Crippen molar-refractivity contribution in [1.82, 2.24) is 9.97 Å². The molecule has 100 valence electrons. The van der Waals surface area contributed by atoms with Gasteiger partial charge in [-0.3, -0.25) is 0 Å². The molecule has 0 fully saturated rings. The first-order chi connectivity index (χ1) is 9.19. The molecule has 1 heterocycles. The van der Waals surface area contributed by atoms with Crippen LogP contribution in [0.2, 0.25) is 0 Å². The van der Waals surface area contributed by atoms with E-state index < -0.39 is 0 Å². The van der Waals surface area contributed by atoms with Crippen LogP contribution < -0.4 is 14.4 Å². The quantitative estimate of drug-likeness (QED) is 0.823.